The third-order valence-electron chi connectivity index (χ3n) is 2.80. The van der Waals surface area contributed by atoms with Crippen LogP contribution in [0.5, 0.6) is 0 Å². The third kappa shape index (κ3) is 4.00. The quantitative estimate of drug-likeness (QED) is 0.864. The molecule has 0 aliphatic heterocycles. The van der Waals surface area contributed by atoms with E-state index in [-0.39, 0.29) is 5.54 Å². The van der Waals surface area contributed by atoms with E-state index >= 15 is 0 Å². The Morgan fingerprint density at radius 3 is 2.61 bits per heavy atom. The number of nitrogens with zero attached hydrogens (tertiary/aromatic N) is 1. The van der Waals surface area contributed by atoms with Gasteiger partial charge in [0.15, 0.2) is 5.13 Å². The molecule has 96 valence electrons. The van der Waals surface area contributed by atoms with Crippen molar-refractivity contribution in [2.24, 2.45) is 0 Å². The van der Waals surface area contributed by atoms with Crippen LogP contribution in [0.3, 0.4) is 0 Å². The van der Waals surface area contributed by atoms with E-state index in [2.05, 4.69) is 48.4 Å². The number of thiazole rings is 1. The van der Waals surface area contributed by atoms with E-state index in [1.54, 1.807) is 11.3 Å². The first-order valence-corrected chi connectivity index (χ1v) is 7.24. The van der Waals surface area contributed by atoms with Crippen LogP contribution in [0.25, 0.3) is 0 Å². The maximum atomic E-state index is 5.82. The summed E-state index contributed by atoms with van der Waals surface area (Å²) in [5.74, 6) is 0. The summed E-state index contributed by atoms with van der Waals surface area (Å²) in [5, 5.41) is 6.72. The molecule has 0 saturated heterocycles. The maximum absolute atomic E-state index is 5.82. The van der Waals surface area contributed by atoms with Gasteiger partial charge in [-0.05, 0) is 32.3 Å². The van der Waals surface area contributed by atoms with Gasteiger partial charge in [-0.2, -0.15) is 0 Å². The summed E-state index contributed by atoms with van der Waals surface area (Å²) in [6.45, 7) is 4.37. The molecule has 0 aliphatic rings. The summed E-state index contributed by atoms with van der Waals surface area (Å²) in [4.78, 5) is 4.22. The van der Waals surface area contributed by atoms with Gasteiger partial charge in [-0.15, -0.1) is 11.3 Å². The van der Waals surface area contributed by atoms with Crippen LogP contribution < -0.4 is 5.32 Å². The van der Waals surface area contributed by atoms with Crippen LogP contribution in [0.4, 0.5) is 5.13 Å². The molecular weight excluding hydrogens is 264 g/mol. The number of hydrogen-bond donors (Lipinski definition) is 1. The van der Waals surface area contributed by atoms with Gasteiger partial charge in [0.25, 0.3) is 0 Å². The molecule has 4 heteroatoms. The fourth-order valence-corrected chi connectivity index (χ4v) is 2.78. The highest BCUT2D eigenvalue weighted by Gasteiger charge is 2.18. The molecular formula is C14H17ClN2S. The summed E-state index contributed by atoms with van der Waals surface area (Å²) in [6.07, 6.45) is 2.11. The van der Waals surface area contributed by atoms with E-state index in [4.69, 9.17) is 11.6 Å². The molecule has 1 N–H and O–H groups in total. The van der Waals surface area contributed by atoms with Crippen molar-refractivity contribution in [2.45, 2.75) is 32.2 Å². The van der Waals surface area contributed by atoms with Crippen molar-refractivity contribution in [3.05, 3.63) is 46.4 Å². The van der Waals surface area contributed by atoms with Gasteiger partial charge >= 0.3 is 0 Å². The largest absolute Gasteiger partial charge is 0.357 e. The number of aromatic nitrogens is 1. The second-order valence-corrected chi connectivity index (χ2v) is 6.22. The molecule has 0 aliphatic carbocycles. The molecule has 2 nitrogen and oxygen atoms in total. The molecule has 1 aromatic carbocycles. The molecule has 2 rings (SSSR count). The van der Waals surface area contributed by atoms with Gasteiger partial charge in [0.2, 0.25) is 0 Å². The zero-order chi connectivity index (χ0) is 13.0. The molecule has 0 bridgehead atoms. The first-order chi connectivity index (χ1) is 8.55. The summed E-state index contributed by atoms with van der Waals surface area (Å²) in [7, 11) is 0. The normalized spacial score (nSPS) is 11.5. The van der Waals surface area contributed by atoms with Gasteiger partial charge in [0.1, 0.15) is 5.15 Å². The van der Waals surface area contributed by atoms with Crippen molar-refractivity contribution in [1.82, 2.24) is 4.98 Å². The Labute approximate surface area is 117 Å². The minimum atomic E-state index is 0.0109. The smallest absolute Gasteiger partial charge is 0.184 e. The molecule has 1 heterocycles. The van der Waals surface area contributed by atoms with Crippen LogP contribution in [0.15, 0.2) is 35.7 Å². The number of hydrogen-bond acceptors (Lipinski definition) is 3. The molecule has 2 aromatic rings. The molecule has 0 saturated carbocycles. The number of anilines is 1. The van der Waals surface area contributed by atoms with E-state index in [0.717, 1.165) is 18.0 Å². The van der Waals surface area contributed by atoms with Crippen LogP contribution in [0, 0.1) is 0 Å². The molecule has 0 atom stereocenters. The van der Waals surface area contributed by atoms with Crippen LogP contribution in [0.1, 0.15) is 25.8 Å². The summed E-state index contributed by atoms with van der Waals surface area (Å²) >= 11 is 7.37. The van der Waals surface area contributed by atoms with Crippen LogP contribution in [-0.2, 0) is 6.42 Å². The highest BCUT2D eigenvalue weighted by atomic mass is 35.5. The number of nitrogens with one attached hydrogen (secondary N) is 1. The third-order valence-corrected chi connectivity index (χ3v) is 3.88. The highest BCUT2D eigenvalue weighted by Crippen LogP contribution is 2.24. The standard InChI is InChI=1S/C14H17ClN2S/c1-14(2,17-13-16-12(15)10-18-13)9-8-11-6-4-3-5-7-11/h3-7,10H,8-9H2,1-2H3,(H,16,17). The fourth-order valence-electron chi connectivity index (χ4n) is 1.77. The van der Waals surface area contributed by atoms with Crippen molar-refractivity contribution < 1.29 is 0 Å². The zero-order valence-corrected chi connectivity index (χ0v) is 12.2. The number of benzene rings is 1. The van der Waals surface area contributed by atoms with Crippen LogP contribution in [0.2, 0.25) is 5.15 Å². The minimum absolute atomic E-state index is 0.0109. The van der Waals surface area contributed by atoms with Gasteiger partial charge in [-0.1, -0.05) is 41.9 Å². The average Bonchev–Trinajstić information content (AvgIpc) is 2.73. The maximum Gasteiger partial charge on any atom is 0.184 e. The first kappa shape index (κ1) is 13.4. The Bertz CT molecular complexity index is 494. The molecule has 18 heavy (non-hydrogen) atoms. The first-order valence-electron chi connectivity index (χ1n) is 5.98. The van der Waals surface area contributed by atoms with Crippen LogP contribution >= 0.6 is 22.9 Å². The summed E-state index contributed by atoms with van der Waals surface area (Å²) < 4.78 is 0. The lowest BCUT2D eigenvalue weighted by atomic mass is 9.95. The minimum Gasteiger partial charge on any atom is -0.357 e. The van der Waals surface area contributed by atoms with Gasteiger partial charge in [0.05, 0.1) is 0 Å². The van der Waals surface area contributed by atoms with Gasteiger partial charge in [-0.3, -0.25) is 0 Å². The Hall–Kier alpha value is -1.06. The predicted molar refractivity (Wildman–Crippen MR) is 79.6 cm³/mol. The molecule has 0 amide bonds. The lowest BCUT2D eigenvalue weighted by molar-refractivity contribution is 0.518. The molecule has 0 radical (unpaired) electrons. The second kappa shape index (κ2) is 5.72. The summed E-state index contributed by atoms with van der Waals surface area (Å²) in [5.41, 5.74) is 1.38. The Balaban J connectivity index is 1.91. The van der Waals surface area contributed by atoms with Crippen LogP contribution in [-0.4, -0.2) is 10.5 Å². The van der Waals surface area contributed by atoms with Crippen molar-refractivity contribution >= 4 is 28.1 Å². The Kier molecular flexibility index (Phi) is 4.25. The average molecular weight is 281 g/mol. The van der Waals surface area contributed by atoms with E-state index in [0.29, 0.717) is 5.15 Å². The monoisotopic (exact) mass is 280 g/mol. The summed E-state index contributed by atoms with van der Waals surface area (Å²) in [6, 6.07) is 10.5. The van der Waals surface area contributed by atoms with Crippen molar-refractivity contribution in [1.29, 1.82) is 0 Å². The van der Waals surface area contributed by atoms with E-state index in [9.17, 15) is 0 Å². The SMILES string of the molecule is CC(C)(CCc1ccccc1)Nc1nc(Cl)cs1. The van der Waals surface area contributed by atoms with Crippen molar-refractivity contribution in [3.8, 4) is 0 Å². The zero-order valence-electron chi connectivity index (χ0n) is 10.6. The van der Waals surface area contributed by atoms with Gasteiger partial charge in [0, 0.05) is 10.9 Å². The fraction of sp³-hybridized carbons (Fsp3) is 0.357. The highest BCUT2D eigenvalue weighted by molar-refractivity contribution is 7.14. The van der Waals surface area contributed by atoms with Gasteiger partial charge in [-0.25, -0.2) is 4.98 Å². The topological polar surface area (TPSA) is 24.9 Å². The Morgan fingerprint density at radius 1 is 1.28 bits per heavy atom. The number of aryl methyl sites for hydroxylation is 1. The van der Waals surface area contributed by atoms with E-state index in [1.807, 2.05) is 11.4 Å². The molecule has 0 fully saturated rings. The van der Waals surface area contributed by atoms with Crippen molar-refractivity contribution in [2.75, 3.05) is 5.32 Å². The van der Waals surface area contributed by atoms with E-state index in [1.165, 1.54) is 5.56 Å². The number of rotatable bonds is 5. The molecule has 1 aromatic heterocycles. The molecule has 0 spiro atoms. The van der Waals surface area contributed by atoms with Crippen molar-refractivity contribution in [3.63, 3.8) is 0 Å². The lowest BCUT2D eigenvalue weighted by Gasteiger charge is -2.26. The Morgan fingerprint density at radius 2 is 2.00 bits per heavy atom. The van der Waals surface area contributed by atoms with Gasteiger partial charge < -0.3 is 5.32 Å². The second-order valence-electron chi connectivity index (χ2n) is 4.97. The predicted octanol–water partition coefficient (Wildman–Crippen LogP) is 4.62. The van der Waals surface area contributed by atoms with E-state index < -0.39 is 0 Å². The number of halogens is 1. The molecule has 0 unspecified atom stereocenters. The lowest BCUT2D eigenvalue weighted by Crippen LogP contribution is -2.31.